The fourth-order valence-corrected chi connectivity index (χ4v) is 2.34. The van der Waals surface area contributed by atoms with E-state index in [0.29, 0.717) is 36.1 Å². The maximum absolute atomic E-state index is 12.0. The first-order valence-electron chi connectivity index (χ1n) is 7.45. The van der Waals surface area contributed by atoms with Crippen molar-refractivity contribution in [3.8, 4) is 5.88 Å². The maximum Gasteiger partial charge on any atom is 0.253 e. The number of hydrogen-bond donors (Lipinski definition) is 2. The van der Waals surface area contributed by atoms with Crippen molar-refractivity contribution in [3.05, 3.63) is 22.8 Å². The van der Waals surface area contributed by atoms with Crippen LogP contribution in [0.1, 0.15) is 36.5 Å². The van der Waals surface area contributed by atoms with Gasteiger partial charge in [0.2, 0.25) is 5.88 Å². The molecule has 122 valence electrons. The van der Waals surface area contributed by atoms with Crippen molar-refractivity contribution in [3.63, 3.8) is 0 Å². The lowest BCUT2D eigenvalue weighted by molar-refractivity contribution is 0.0238. The van der Waals surface area contributed by atoms with E-state index in [1.54, 1.807) is 0 Å². The molecule has 1 aromatic heterocycles. The van der Waals surface area contributed by atoms with E-state index < -0.39 is 0 Å². The average molecular weight is 329 g/mol. The zero-order chi connectivity index (χ0) is 15.9. The molecule has 0 bridgehead atoms. The molecule has 2 N–H and O–H groups in total. The molecule has 1 amide bonds. The van der Waals surface area contributed by atoms with Gasteiger partial charge in [-0.25, -0.2) is 4.98 Å². The maximum atomic E-state index is 12.0. The molecule has 6 nitrogen and oxygen atoms in total. The van der Waals surface area contributed by atoms with Crippen molar-refractivity contribution in [1.82, 2.24) is 10.3 Å². The third-order valence-corrected chi connectivity index (χ3v) is 3.84. The second-order valence-electron chi connectivity index (χ2n) is 5.20. The van der Waals surface area contributed by atoms with Crippen LogP contribution in [0.3, 0.4) is 0 Å². The fraction of sp³-hybridized carbons (Fsp3) is 0.600. The number of halogens is 1. The summed E-state index contributed by atoms with van der Waals surface area (Å²) in [4.78, 5) is 16.2. The van der Waals surface area contributed by atoms with E-state index >= 15 is 0 Å². The van der Waals surface area contributed by atoms with Crippen LogP contribution in [0.25, 0.3) is 0 Å². The number of aromatic nitrogens is 1. The van der Waals surface area contributed by atoms with Gasteiger partial charge in [0, 0.05) is 19.0 Å². The highest BCUT2D eigenvalue weighted by Crippen LogP contribution is 2.25. The highest BCUT2D eigenvalue weighted by atomic mass is 35.5. The van der Waals surface area contributed by atoms with Gasteiger partial charge in [-0.1, -0.05) is 18.5 Å². The Bertz CT molecular complexity index is 502. The van der Waals surface area contributed by atoms with Crippen molar-refractivity contribution < 1.29 is 19.4 Å². The number of rotatable bonds is 6. The van der Waals surface area contributed by atoms with Gasteiger partial charge in [0.05, 0.1) is 31.4 Å². The number of hydrogen-bond acceptors (Lipinski definition) is 5. The normalized spacial score (nSPS) is 17.0. The Morgan fingerprint density at radius 1 is 1.59 bits per heavy atom. The SMILES string of the molecule is CCC(CO)NC(=O)c1cnc(OC2CCOCC2)c(Cl)c1. The monoisotopic (exact) mass is 328 g/mol. The quantitative estimate of drug-likeness (QED) is 0.832. The number of amides is 1. The Kier molecular flexibility index (Phi) is 6.42. The van der Waals surface area contributed by atoms with Crippen molar-refractivity contribution in [2.24, 2.45) is 0 Å². The average Bonchev–Trinajstić information content (AvgIpc) is 2.55. The predicted molar refractivity (Wildman–Crippen MR) is 82.3 cm³/mol. The molecular weight excluding hydrogens is 308 g/mol. The molecular formula is C15H21ClN2O4. The predicted octanol–water partition coefficient (Wildman–Crippen LogP) is 1.79. The summed E-state index contributed by atoms with van der Waals surface area (Å²) >= 11 is 6.15. The summed E-state index contributed by atoms with van der Waals surface area (Å²) in [6, 6.07) is 1.26. The van der Waals surface area contributed by atoms with Gasteiger partial charge in [-0.2, -0.15) is 0 Å². The molecule has 0 saturated carbocycles. The number of nitrogens with one attached hydrogen (secondary N) is 1. The lowest BCUT2D eigenvalue weighted by Crippen LogP contribution is -2.37. The lowest BCUT2D eigenvalue weighted by atomic mass is 10.1. The van der Waals surface area contributed by atoms with Crippen LogP contribution >= 0.6 is 11.6 Å². The minimum atomic E-state index is -0.312. The lowest BCUT2D eigenvalue weighted by Gasteiger charge is -2.23. The number of nitrogens with zero attached hydrogens (tertiary/aromatic N) is 1. The van der Waals surface area contributed by atoms with Crippen LogP contribution in [0.2, 0.25) is 5.02 Å². The zero-order valence-corrected chi connectivity index (χ0v) is 13.3. The summed E-state index contributed by atoms with van der Waals surface area (Å²) in [6.45, 7) is 3.12. The van der Waals surface area contributed by atoms with Crippen LogP contribution in [0, 0.1) is 0 Å². The van der Waals surface area contributed by atoms with E-state index in [2.05, 4.69) is 10.3 Å². The summed E-state index contributed by atoms with van der Waals surface area (Å²) < 4.78 is 11.0. The first-order valence-corrected chi connectivity index (χ1v) is 7.83. The largest absolute Gasteiger partial charge is 0.473 e. The van der Waals surface area contributed by atoms with Gasteiger partial charge in [-0.05, 0) is 12.5 Å². The molecule has 0 spiro atoms. The third-order valence-electron chi connectivity index (χ3n) is 3.56. The fourth-order valence-electron chi connectivity index (χ4n) is 2.13. The van der Waals surface area contributed by atoms with Gasteiger partial charge >= 0.3 is 0 Å². The Morgan fingerprint density at radius 3 is 2.91 bits per heavy atom. The number of aliphatic hydroxyl groups is 1. The van der Waals surface area contributed by atoms with E-state index in [4.69, 9.17) is 26.2 Å². The Hall–Kier alpha value is -1.37. The summed E-state index contributed by atoms with van der Waals surface area (Å²) in [5.41, 5.74) is 0.344. The van der Waals surface area contributed by atoms with E-state index in [1.807, 2.05) is 6.92 Å². The number of pyridine rings is 1. The number of ether oxygens (including phenoxy) is 2. The van der Waals surface area contributed by atoms with Gasteiger partial charge in [0.25, 0.3) is 5.91 Å². The Morgan fingerprint density at radius 2 is 2.32 bits per heavy atom. The number of carbonyl (C=O) groups excluding carboxylic acids is 1. The van der Waals surface area contributed by atoms with Gasteiger partial charge in [0.1, 0.15) is 11.1 Å². The molecule has 1 atom stereocenters. The van der Waals surface area contributed by atoms with Crippen LogP contribution in [0.4, 0.5) is 0 Å². The summed E-state index contributed by atoms with van der Waals surface area (Å²) in [5, 5.41) is 12.1. The van der Waals surface area contributed by atoms with E-state index in [1.165, 1.54) is 12.3 Å². The second-order valence-corrected chi connectivity index (χ2v) is 5.61. The van der Waals surface area contributed by atoms with Crippen LogP contribution in [0.5, 0.6) is 5.88 Å². The zero-order valence-electron chi connectivity index (χ0n) is 12.5. The minimum absolute atomic E-state index is 0.0392. The first kappa shape index (κ1) is 17.0. The van der Waals surface area contributed by atoms with Gasteiger partial charge in [-0.15, -0.1) is 0 Å². The summed E-state index contributed by atoms with van der Waals surface area (Å²) in [7, 11) is 0. The topological polar surface area (TPSA) is 80.7 Å². The molecule has 2 heterocycles. The second kappa shape index (κ2) is 8.31. The van der Waals surface area contributed by atoms with Crippen LogP contribution in [0.15, 0.2) is 12.3 Å². The highest BCUT2D eigenvalue weighted by Gasteiger charge is 2.19. The standard InChI is InChI=1S/C15H21ClN2O4/c1-2-11(9-19)18-14(20)10-7-13(16)15(17-8-10)22-12-3-5-21-6-4-12/h7-8,11-12,19H,2-6,9H2,1H3,(H,18,20). The van der Waals surface area contributed by atoms with Crippen LogP contribution in [-0.4, -0.2) is 48.0 Å². The molecule has 22 heavy (non-hydrogen) atoms. The number of aliphatic hydroxyl groups excluding tert-OH is 1. The van der Waals surface area contributed by atoms with Crippen molar-refractivity contribution in [2.45, 2.75) is 38.3 Å². The summed E-state index contributed by atoms with van der Waals surface area (Å²) in [6.07, 6.45) is 3.72. The molecule has 0 radical (unpaired) electrons. The van der Waals surface area contributed by atoms with Crippen LogP contribution in [-0.2, 0) is 4.74 Å². The molecule has 1 saturated heterocycles. The first-order chi connectivity index (χ1) is 10.6. The Labute approximate surface area is 134 Å². The van der Waals surface area contributed by atoms with Gasteiger partial charge in [0.15, 0.2) is 0 Å². The third kappa shape index (κ3) is 4.56. The molecule has 1 unspecified atom stereocenters. The molecule has 7 heteroatoms. The Balaban J connectivity index is 2.00. The molecule has 1 fully saturated rings. The van der Waals surface area contributed by atoms with E-state index in [9.17, 15) is 4.79 Å². The molecule has 1 aliphatic rings. The van der Waals surface area contributed by atoms with Crippen molar-refractivity contribution in [1.29, 1.82) is 0 Å². The highest BCUT2D eigenvalue weighted by molar-refractivity contribution is 6.32. The van der Waals surface area contributed by atoms with Gasteiger partial charge in [-0.3, -0.25) is 4.79 Å². The molecule has 1 aliphatic heterocycles. The van der Waals surface area contributed by atoms with Gasteiger partial charge < -0.3 is 19.9 Å². The van der Waals surface area contributed by atoms with E-state index in [-0.39, 0.29) is 24.7 Å². The van der Waals surface area contributed by atoms with E-state index in [0.717, 1.165) is 12.8 Å². The summed E-state index contributed by atoms with van der Waals surface area (Å²) in [5.74, 6) is 0.0206. The molecule has 0 aromatic carbocycles. The molecule has 0 aliphatic carbocycles. The van der Waals surface area contributed by atoms with Crippen LogP contribution < -0.4 is 10.1 Å². The van der Waals surface area contributed by atoms with Crippen molar-refractivity contribution >= 4 is 17.5 Å². The molecule has 1 aromatic rings. The molecule has 2 rings (SSSR count). The minimum Gasteiger partial charge on any atom is -0.473 e. The smallest absolute Gasteiger partial charge is 0.253 e. The number of carbonyl (C=O) groups is 1. The van der Waals surface area contributed by atoms with Crippen molar-refractivity contribution in [2.75, 3.05) is 19.8 Å².